The number of piperidine rings is 1. The largest absolute Gasteiger partial charge is 0.492 e. The van der Waals surface area contributed by atoms with Gasteiger partial charge in [-0.2, -0.15) is 0 Å². The number of ether oxygens (including phenoxy) is 2. The van der Waals surface area contributed by atoms with Gasteiger partial charge in [-0.15, -0.1) is 0 Å². The highest BCUT2D eigenvalue weighted by molar-refractivity contribution is 5.55. The van der Waals surface area contributed by atoms with Gasteiger partial charge in [-0.25, -0.2) is 0 Å². The molecule has 1 saturated heterocycles. The molecule has 0 aromatic heterocycles. The van der Waals surface area contributed by atoms with Crippen LogP contribution >= 0.6 is 0 Å². The van der Waals surface area contributed by atoms with Crippen molar-refractivity contribution in [3.8, 4) is 11.5 Å². The molecule has 2 rings (SSSR count). The number of nitrogen functional groups attached to an aromatic ring is 1. The Hall–Kier alpha value is -1.42. The number of hydrogen-bond acceptors (Lipinski definition) is 4. The quantitative estimate of drug-likeness (QED) is 0.802. The lowest BCUT2D eigenvalue weighted by atomic mass is 10.1. The van der Waals surface area contributed by atoms with Crippen LogP contribution in [-0.4, -0.2) is 37.7 Å². The molecule has 2 N–H and O–H groups in total. The molecule has 0 radical (unpaired) electrons. The second-order valence-corrected chi connectivity index (χ2v) is 4.88. The van der Waals surface area contributed by atoms with E-state index in [-0.39, 0.29) is 0 Å². The molecule has 0 bridgehead atoms. The van der Waals surface area contributed by atoms with E-state index < -0.39 is 0 Å². The molecule has 1 aliphatic rings. The van der Waals surface area contributed by atoms with Crippen molar-refractivity contribution in [2.24, 2.45) is 0 Å². The maximum Gasteiger partial charge on any atom is 0.145 e. The summed E-state index contributed by atoms with van der Waals surface area (Å²) in [5, 5.41) is 0. The van der Waals surface area contributed by atoms with E-state index in [4.69, 9.17) is 15.2 Å². The molecule has 106 valence electrons. The van der Waals surface area contributed by atoms with Crippen LogP contribution in [0.1, 0.15) is 26.2 Å². The Bertz CT molecular complexity index is 390. The summed E-state index contributed by atoms with van der Waals surface area (Å²) in [6, 6.07) is 5.60. The van der Waals surface area contributed by atoms with E-state index in [1.807, 2.05) is 25.1 Å². The average Bonchev–Trinajstić information content (AvgIpc) is 2.44. The van der Waals surface area contributed by atoms with Gasteiger partial charge in [-0.1, -0.05) is 6.42 Å². The van der Waals surface area contributed by atoms with Crippen LogP contribution in [0.3, 0.4) is 0 Å². The van der Waals surface area contributed by atoms with Crippen LogP contribution in [0.5, 0.6) is 11.5 Å². The molecule has 0 aliphatic carbocycles. The second kappa shape index (κ2) is 7.24. The summed E-state index contributed by atoms with van der Waals surface area (Å²) < 4.78 is 11.2. The minimum Gasteiger partial charge on any atom is -0.492 e. The summed E-state index contributed by atoms with van der Waals surface area (Å²) in [6.45, 7) is 6.68. The number of likely N-dealkylation sites (tertiary alicyclic amines) is 1. The first-order chi connectivity index (χ1) is 9.29. The van der Waals surface area contributed by atoms with E-state index in [2.05, 4.69) is 4.90 Å². The zero-order valence-electron chi connectivity index (χ0n) is 11.7. The van der Waals surface area contributed by atoms with Gasteiger partial charge in [0.05, 0.1) is 12.3 Å². The molecule has 1 fully saturated rings. The van der Waals surface area contributed by atoms with E-state index in [0.29, 0.717) is 18.0 Å². The first-order valence-corrected chi connectivity index (χ1v) is 7.17. The summed E-state index contributed by atoms with van der Waals surface area (Å²) in [6.07, 6.45) is 4.00. The number of nitrogens with zero attached hydrogens (tertiary/aromatic N) is 1. The van der Waals surface area contributed by atoms with Crippen molar-refractivity contribution in [3.63, 3.8) is 0 Å². The average molecular weight is 264 g/mol. The molecule has 1 aromatic rings. The van der Waals surface area contributed by atoms with Crippen molar-refractivity contribution in [2.45, 2.75) is 26.2 Å². The highest BCUT2D eigenvalue weighted by Gasteiger charge is 2.09. The Balaban J connectivity index is 1.80. The lowest BCUT2D eigenvalue weighted by Crippen LogP contribution is -2.33. The van der Waals surface area contributed by atoms with E-state index >= 15 is 0 Å². The Morgan fingerprint density at radius 3 is 2.68 bits per heavy atom. The number of hydrogen-bond donors (Lipinski definition) is 1. The van der Waals surface area contributed by atoms with Gasteiger partial charge in [-0.05, 0) is 45.0 Å². The fraction of sp³-hybridized carbons (Fsp3) is 0.600. The molecule has 0 unspecified atom stereocenters. The lowest BCUT2D eigenvalue weighted by molar-refractivity contribution is 0.183. The van der Waals surface area contributed by atoms with Crippen LogP contribution < -0.4 is 15.2 Å². The first kappa shape index (κ1) is 14.0. The third kappa shape index (κ3) is 4.31. The normalized spacial score (nSPS) is 16.3. The van der Waals surface area contributed by atoms with Crippen molar-refractivity contribution in [3.05, 3.63) is 18.2 Å². The molecule has 0 saturated carbocycles. The fourth-order valence-electron chi connectivity index (χ4n) is 2.36. The predicted molar refractivity (Wildman–Crippen MR) is 77.8 cm³/mol. The molecule has 1 aliphatic heterocycles. The van der Waals surface area contributed by atoms with Gasteiger partial charge < -0.3 is 15.2 Å². The first-order valence-electron chi connectivity index (χ1n) is 7.17. The van der Waals surface area contributed by atoms with Crippen molar-refractivity contribution in [2.75, 3.05) is 38.6 Å². The topological polar surface area (TPSA) is 47.7 Å². The zero-order valence-corrected chi connectivity index (χ0v) is 11.7. The smallest absolute Gasteiger partial charge is 0.145 e. The predicted octanol–water partition coefficient (Wildman–Crippen LogP) is 2.53. The Kier molecular flexibility index (Phi) is 5.33. The zero-order chi connectivity index (χ0) is 13.5. The van der Waals surface area contributed by atoms with Crippen LogP contribution in [-0.2, 0) is 0 Å². The van der Waals surface area contributed by atoms with Gasteiger partial charge in [0.2, 0.25) is 0 Å². The minimum absolute atomic E-state index is 0.613. The Morgan fingerprint density at radius 1 is 1.16 bits per heavy atom. The monoisotopic (exact) mass is 264 g/mol. The van der Waals surface area contributed by atoms with Gasteiger partial charge in [0, 0.05) is 12.6 Å². The molecule has 0 spiro atoms. The summed E-state index contributed by atoms with van der Waals surface area (Å²) in [7, 11) is 0. The summed E-state index contributed by atoms with van der Waals surface area (Å²) in [5.41, 5.74) is 6.49. The van der Waals surface area contributed by atoms with Gasteiger partial charge in [0.25, 0.3) is 0 Å². The number of benzene rings is 1. The minimum atomic E-state index is 0.613. The van der Waals surface area contributed by atoms with Crippen LogP contribution in [0.25, 0.3) is 0 Å². The highest BCUT2D eigenvalue weighted by Crippen LogP contribution is 2.26. The molecule has 4 heteroatoms. The molecular formula is C15H24N2O2. The molecular weight excluding hydrogens is 240 g/mol. The molecule has 0 amide bonds. The van der Waals surface area contributed by atoms with Crippen LogP contribution in [0.2, 0.25) is 0 Å². The molecule has 1 heterocycles. The molecule has 4 nitrogen and oxygen atoms in total. The van der Waals surface area contributed by atoms with E-state index in [0.717, 1.165) is 18.9 Å². The number of nitrogens with two attached hydrogens (primary N) is 1. The maximum atomic E-state index is 5.83. The number of rotatable bonds is 6. The van der Waals surface area contributed by atoms with Crippen LogP contribution in [0, 0.1) is 0 Å². The van der Waals surface area contributed by atoms with E-state index in [9.17, 15) is 0 Å². The van der Waals surface area contributed by atoms with Crippen molar-refractivity contribution >= 4 is 5.69 Å². The molecule has 1 aromatic carbocycles. The van der Waals surface area contributed by atoms with Crippen molar-refractivity contribution < 1.29 is 9.47 Å². The van der Waals surface area contributed by atoms with Crippen molar-refractivity contribution in [1.82, 2.24) is 4.90 Å². The van der Waals surface area contributed by atoms with Gasteiger partial charge in [0.15, 0.2) is 0 Å². The fourth-order valence-corrected chi connectivity index (χ4v) is 2.36. The third-order valence-electron chi connectivity index (χ3n) is 3.41. The van der Waals surface area contributed by atoms with Crippen molar-refractivity contribution in [1.29, 1.82) is 0 Å². The van der Waals surface area contributed by atoms with E-state index in [1.54, 1.807) is 0 Å². The number of anilines is 1. The van der Waals surface area contributed by atoms with E-state index in [1.165, 1.54) is 32.4 Å². The second-order valence-electron chi connectivity index (χ2n) is 4.88. The summed E-state index contributed by atoms with van der Waals surface area (Å²) in [5.74, 6) is 1.53. The molecule has 19 heavy (non-hydrogen) atoms. The van der Waals surface area contributed by atoms with Crippen LogP contribution in [0.15, 0.2) is 18.2 Å². The van der Waals surface area contributed by atoms with Crippen LogP contribution in [0.4, 0.5) is 5.69 Å². The maximum absolute atomic E-state index is 5.83. The highest BCUT2D eigenvalue weighted by atomic mass is 16.5. The summed E-state index contributed by atoms with van der Waals surface area (Å²) in [4.78, 5) is 2.46. The van der Waals surface area contributed by atoms with Gasteiger partial charge in [0.1, 0.15) is 18.1 Å². The van der Waals surface area contributed by atoms with Gasteiger partial charge in [-0.3, -0.25) is 4.90 Å². The molecule has 0 atom stereocenters. The lowest BCUT2D eigenvalue weighted by Gasteiger charge is -2.26. The SMILES string of the molecule is CCOc1cc(OCCN2CCCCC2)ccc1N. The van der Waals surface area contributed by atoms with Gasteiger partial charge >= 0.3 is 0 Å². The Morgan fingerprint density at radius 2 is 1.95 bits per heavy atom. The Labute approximate surface area is 115 Å². The third-order valence-corrected chi connectivity index (χ3v) is 3.41. The summed E-state index contributed by atoms with van der Waals surface area (Å²) >= 11 is 0. The standard InChI is InChI=1S/C15H24N2O2/c1-2-18-15-12-13(6-7-14(15)16)19-11-10-17-8-4-3-5-9-17/h6-7,12H,2-5,8-11,16H2,1H3.